The van der Waals surface area contributed by atoms with E-state index in [2.05, 4.69) is 18.4 Å². The molecule has 0 unspecified atom stereocenters. The third-order valence-electron chi connectivity index (χ3n) is 1.51. The maximum absolute atomic E-state index is 2.36. The SMILES string of the molecule is C[CH-]N1CCCC1. The van der Waals surface area contributed by atoms with Crippen LogP contribution in [0.2, 0.25) is 0 Å². The minimum Gasteiger partial charge on any atom is -0.457 e. The Morgan fingerprint density at radius 1 is 1.29 bits per heavy atom. The number of likely N-dealkylation sites (tertiary alicyclic amines) is 1. The lowest BCUT2D eigenvalue weighted by Crippen LogP contribution is -2.12. The van der Waals surface area contributed by atoms with Crippen molar-refractivity contribution in [2.24, 2.45) is 0 Å². The quantitative estimate of drug-likeness (QED) is 0.446. The van der Waals surface area contributed by atoms with E-state index < -0.39 is 0 Å². The molecule has 0 bridgehead atoms. The van der Waals surface area contributed by atoms with Crippen molar-refractivity contribution >= 4 is 0 Å². The van der Waals surface area contributed by atoms with Crippen LogP contribution in [0.3, 0.4) is 0 Å². The van der Waals surface area contributed by atoms with Crippen LogP contribution < -0.4 is 0 Å². The summed E-state index contributed by atoms with van der Waals surface area (Å²) in [5.74, 6) is 0. The van der Waals surface area contributed by atoms with Crippen molar-refractivity contribution in [1.29, 1.82) is 0 Å². The summed E-state index contributed by atoms with van der Waals surface area (Å²) in [4.78, 5) is 2.36. The second-order valence-electron chi connectivity index (χ2n) is 2.00. The van der Waals surface area contributed by atoms with Gasteiger partial charge in [0.05, 0.1) is 0 Å². The third kappa shape index (κ3) is 1.16. The van der Waals surface area contributed by atoms with Gasteiger partial charge < -0.3 is 4.90 Å². The molecule has 0 spiro atoms. The van der Waals surface area contributed by atoms with Gasteiger partial charge in [-0.05, 0) is 25.9 Å². The molecule has 1 aliphatic rings. The normalized spacial score (nSPS) is 23.6. The Balaban J connectivity index is 2.14. The van der Waals surface area contributed by atoms with Crippen LogP contribution in [0.15, 0.2) is 0 Å². The first kappa shape index (κ1) is 5.10. The second-order valence-corrected chi connectivity index (χ2v) is 2.00. The highest BCUT2D eigenvalue weighted by Crippen LogP contribution is 2.07. The topological polar surface area (TPSA) is 3.24 Å². The van der Waals surface area contributed by atoms with Gasteiger partial charge in [0.15, 0.2) is 0 Å². The van der Waals surface area contributed by atoms with Crippen LogP contribution in [0, 0.1) is 6.54 Å². The van der Waals surface area contributed by atoms with Crippen LogP contribution in [0.1, 0.15) is 19.8 Å². The summed E-state index contributed by atoms with van der Waals surface area (Å²) in [6.45, 7) is 6.85. The molecule has 0 radical (unpaired) electrons. The Labute approximate surface area is 45.3 Å². The summed E-state index contributed by atoms with van der Waals surface area (Å²) in [5.41, 5.74) is 0. The second kappa shape index (κ2) is 2.31. The Hall–Kier alpha value is -0.0400. The van der Waals surface area contributed by atoms with Crippen LogP contribution >= 0.6 is 0 Å². The molecule has 0 saturated carbocycles. The lowest BCUT2D eigenvalue weighted by atomic mass is 10.4. The first-order valence-corrected chi connectivity index (χ1v) is 2.97. The van der Waals surface area contributed by atoms with E-state index in [1.54, 1.807) is 0 Å². The van der Waals surface area contributed by atoms with E-state index >= 15 is 0 Å². The number of hydrogen-bond donors (Lipinski definition) is 0. The molecule has 0 amide bonds. The maximum atomic E-state index is 2.36. The van der Waals surface area contributed by atoms with E-state index in [1.807, 2.05) is 0 Å². The number of nitrogens with zero attached hydrogens (tertiary/aromatic N) is 1. The molecule has 0 aromatic heterocycles. The maximum Gasteiger partial charge on any atom is -0.0301 e. The molecule has 7 heavy (non-hydrogen) atoms. The molecule has 1 nitrogen and oxygen atoms in total. The van der Waals surface area contributed by atoms with Gasteiger partial charge >= 0.3 is 0 Å². The van der Waals surface area contributed by atoms with Crippen LogP contribution in [-0.4, -0.2) is 18.0 Å². The van der Waals surface area contributed by atoms with Gasteiger partial charge in [-0.3, -0.25) is 6.54 Å². The first-order valence-electron chi connectivity index (χ1n) is 2.97. The average molecular weight is 98.2 g/mol. The highest BCUT2D eigenvalue weighted by atomic mass is 15.1. The molecule has 0 atom stereocenters. The molecule has 0 aromatic carbocycles. The highest BCUT2D eigenvalue weighted by Gasteiger charge is 2.00. The van der Waals surface area contributed by atoms with E-state index in [4.69, 9.17) is 0 Å². The molecule has 1 heteroatoms. The van der Waals surface area contributed by atoms with Crippen LogP contribution in [0.4, 0.5) is 0 Å². The van der Waals surface area contributed by atoms with Crippen molar-refractivity contribution in [3.63, 3.8) is 0 Å². The molecule has 0 N–H and O–H groups in total. The van der Waals surface area contributed by atoms with Crippen molar-refractivity contribution < 1.29 is 0 Å². The minimum atomic E-state index is 1.29. The van der Waals surface area contributed by atoms with E-state index in [9.17, 15) is 0 Å². The molecule has 1 aliphatic heterocycles. The van der Waals surface area contributed by atoms with Gasteiger partial charge in [0.25, 0.3) is 0 Å². The van der Waals surface area contributed by atoms with E-state index in [1.165, 1.54) is 25.9 Å². The number of hydrogen-bond acceptors (Lipinski definition) is 1. The van der Waals surface area contributed by atoms with Crippen molar-refractivity contribution in [2.45, 2.75) is 19.8 Å². The zero-order valence-corrected chi connectivity index (χ0v) is 4.85. The molecule has 0 aromatic rings. The molecular formula is C6H12N-. The molecule has 1 saturated heterocycles. The van der Waals surface area contributed by atoms with Gasteiger partial charge in [0, 0.05) is 0 Å². The molecule has 0 aliphatic carbocycles. The predicted molar refractivity (Wildman–Crippen MR) is 30.8 cm³/mol. The fourth-order valence-electron chi connectivity index (χ4n) is 1.000. The molecular weight excluding hydrogens is 86.1 g/mol. The van der Waals surface area contributed by atoms with Gasteiger partial charge in [-0.2, -0.15) is 6.92 Å². The Morgan fingerprint density at radius 2 is 1.86 bits per heavy atom. The lowest BCUT2D eigenvalue weighted by Gasteiger charge is -2.21. The Morgan fingerprint density at radius 3 is 2.14 bits per heavy atom. The molecule has 42 valence electrons. The zero-order chi connectivity index (χ0) is 5.11. The molecule has 1 rings (SSSR count). The van der Waals surface area contributed by atoms with Gasteiger partial charge in [-0.15, -0.1) is 0 Å². The van der Waals surface area contributed by atoms with Gasteiger partial charge in [0.2, 0.25) is 0 Å². The van der Waals surface area contributed by atoms with Gasteiger partial charge in [-0.25, -0.2) is 0 Å². The van der Waals surface area contributed by atoms with Gasteiger partial charge in [-0.1, -0.05) is 0 Å². The van der Waals surface area contributed by atoms with Crippen molar-refractivity contribution in [2.75, 3.05) is 13.1 Å². The summed E-state index contributed by atoms with van der Waals surface area (Å²) >= 11 is 0. The zero-order valence-electron chi connectivity index (χ0n) is 4.85. The summed E-state index contributed by atoms with van der Waals surface area (Å²) < 4.78 is 0. The largest absolute Gasteiger partial charge is 0.457 e. The summed E-state index contributed by atoms with van der Waals surface area (Å²) in [6, 6.07) is 0. The van der Waals surface area contributed by atoms with Crippen LogP contribution in [-0.2, 0) is 0 Å². The standard InChI is InChI=1S/C6H12N/c1-2-7-5-3-4-6-7/h2H,3-6H2,1H3/q-1. The highest BCUT2D eigenvalue weighted by molar-refractivity contribution is 4.69. The van der Waals surface area contributed by atoms with E-state index in [-0.39, 0.29) is 0 Å². The smallest absolute Gasteiger partial charge is 0.0301 e. The fourth-order valence-corrected chi connectivity index (χ4v) is 1.000. The average Bonchev–Trinajstić information content (AvgIpc) is 2.14. The Bertz CT molecular complexity index is 46.1. The van der Waals surface area contributed by atoms with E-state index in [0.29, 0.717) is 0 Å². The summed E-state index contributed by atoms with van der Waals surface area (Å²) in [5, 5.41) is 0. The lowest BCUT2D eigenvalue weighted by molar-refractivity contribution is 0.419. The predicted octanol–water partition coefficient (Wildman–Crippen LogP) is 1.26. The van der Waals surface area contributed by atoms with Crippen molar-refractivity contribution in [3.05, 3.63) is 6.54 Å². The third-order valence-corrected chi connectivity index (χ3v) is 1.51. The summed E-state index contributed by atoms with van der Waals surface area (Å²) in [6.07, 6.45) is 2.79. The monoisotopic (exact) mass is 98.1 g/mol. The van der Waals surface area contributed by atoms with Crippen molar-refractivity contribution in [3.8, 4) is 0 Å². The van der Waals surface area contributed by atoms with Crippen molar-refractivity contribution in [1.82, 2.24) is 4.90 Å². The Kier molecular flexibility index (Phi) is 1.69. The summed E-state index contributed by atoms with van der Waals surface area (Å²) in [7, 11) is 0. The fraction of sp³-hybridized carbons (Fsp3) is 0.833. The first-order chi connectivity index (χ1) is 3.43. The minimum absolute atomic E-state index is 1.29. The molecule has 1 heterocycles. The number of rotatable bonds is 1. The van der Waals surface area contributed by atoms with Crippen LogP contribution in [0.25, 0.3) is 0 Å². The van der Waals surface area contributed by atoms with E-state index in [0.717, 1.165) is 0 Å². The van der Waals surface area contributed by atoms with Crippen LogP contribution in [0.5, 0.6) is 0 Å². The van der Waals surface area contributed by atoms with Gasteiger partial charge in [0.1, 0.15) is 0 Å². The molecule has 1 fully saturated rings.